The average Bonchev–Trinajstić information content (AvgIpc) is 2.89. The van der Waals surface area contributed by atoms with Crippen molar-refractivity contribution in [1.82, 2.24) is 25.1 Å². The van der Waals surface area contributed by atoms with Gasteiger partial charge < -0.3 is 5.32 Å². The molecule has 0 unspecified atom stereocenters. The molecule has 2 rings (SSSR count). The fourth-order valence-corrected chi connectivity index (χ4v) is 1.78. The van der Waals surface area contributed by atoms with Crippen molar-refractivity contribution in [2.75, 3.05) is 11.9 Å². The summed E-state index contributed by atoms with van der Waals surface area (Å²) in [6, 6.07) is 2.01. The minimum absolute atomic E-state index is 0.552. The van der Waals surface area contributed by atoms with E-state index in [-0.39, 0.29) is 0 Å². The lowest BCUT2D eigenvalue weighted by atomic mass is 10.1. The highest BCUT2D eigenvalue weighted by Crippen LogP contribution is 2.16. The van der Waals surface area contributed by atoms with Crippen LogP contribution in [0.1, 0.15) is 32.9 Å². The van der Waals surface area contributed by atoms with Crippen LogP contribution in [-0.4, -0.2) is 31.7 Å². The molecule has 0 aliphatic rings. The lowest BCUT2D eigenvalue weighted by Gasteiger charge is -2.09. The van der Waals surface area contributed by atoms with Crippen LogP contribution < -0.4 is 5.32 Å². The number of hydrogen-bond acceptors (Lipinski definition) is 5. The summed E-state index contributed by atoms with van der Waals surface area (Å²) in [5.41, 5.74) is 1.02. The molecule has 0 aliphatic carbocycles. The predicted octanol–water partition coefficient (Wildman–Crippen LogP) is 2.28. The van der Waals surface area contributed by atoms with Gasteiger partial charge in [0.1, 0.15) is 12.1 Å². The molecule has 0 atom stereocenters. The van der Waals surface area contributed by atoms with Crippen molar-refractivity contribution in [3.8, 4) is 11.6 Å². The first-order valence-electron chi connectivity index (χ1n) is 6.66. The van der Waals surface area contributed by atoms with E-state index in [4.69, 9.17) is 0 Å². The van der Waals surface area contributed by atoms with Gasteiger partial charge >= 0.3 is 0 Å². The van der Waals surface area contributed by atoms with Gasteiger partial charge in [-0.3, -0.25) is 5.10 Å². The summed E-state index contributed by atoms with van der Waals surface area (Å²) in [5.74, 6) is 2.59. The third kappa shape index (κ3) is 3.74. The number of H-pyrrole nitrogens is 1. The van der Waals surface area contributed by atoms with E-state index >= 15 is 0 Å². The number of anilines is 1. The molecule has 0 saturated carbocycles. The molecule has 0 radical (unpaired) electrons. The molecule has 6 heteroatoms. The van der Waals surface area contributed by atoms with Gasteiger partial charge in [0.25, 0.3) is 0 Å². The van der Waals surface area contributed by atoms with Crippen molar-refractivity contribution >= 4 is 5.82 Å². The van der Waals surface area contributed by atoms with E-state index in [1.807, 2.05) is 6.07 Å². The van der Waals surface area contributed by atoms with Crippen molar-refractivity contribution < 1.29 is 0 Å². The zero-order valence-corrected chi connectivity index (χ0v) is 11.6. The van der Waals surface area contributed by atoms with Crippen LogP contribution in [0.25, 0.3) is 11.6 Å². The molecular weight excluding hydrogens is 240 g/mol. The smallest absolute Gasteiger partial charge is 0.199 e. The Labute approximate surface area is 113 Å². The van der Waals surface area contributed by atoms with Crippen molar-refractivity contribution in [2.45, 2.75) is 33.6 Å². The Kier molecular flexibility index (Phi) is 4.43. The number of aromatic nitrogens is 5. The SMILES string of the molecule is CCCNc1cc(CC(C)C)nc(-c2ncn[nH]2)n1. The van der Waals surface area contributed by atoms with Crippen LogP contribution in [0.2, 0.25) is 0 Å². The Balaban J connectivity index is 2.31. The number of nitrogens with one attached hydrogen (secondary N) is 2. The third-order valence-corrected chi connectivity index (χ3v) is 2.58. The standard InChI is InChI=1S/C13H20N6/c1-4-5-14-11-7-10(6-9(2)3)17-13(18-11)12-15-8-16-19-12/h7-9H,4-6H2,1-3H3,(H,14,17,18)(H,15,16,19). The summed E-state index contributed by atoms with van der Waals surface area (Å²) in [6.07, 6.45) is 3.44. The molecule has 0 aromatic carbocycles. The second-order valence-corrected chi connectivity index (χ2v) is 4.93. The third-order valence-electron chi connectivity index (χ3n) is 2.58. The minimum atomic E-state index is 0.552. The predicted molar refractivity (Wildman–Crippen MR) is 74.7 cm³/mol. The van der Waals surface area contributed by atoms with Crippen LogP contribution in [0.4, 0.5) is 5.82 Å². The van der Waals surface area contributed by atoms with E-state index in [0.717, 1.165) is 30.9 Å². The molecule has 0 amide bonds. The molecule has 6 nitrogen and oxygen atoms in total. The molecule has 0 saturated heterocycles. The molecule has 0 fully saturated rings. The van der Waals surface area contributed by atoms with Gasteiger partial charge in [0, 0.05) is 18.3 Å². The van der Waals surface area contributed by atoms with Crippen molar-refractivity contribution in [1.29, 1.82) is 0 Å². The second-order valence-electron chi connectivity index (χ2n) is 4.93. The Morgan fingerprint density at radius 2 is 2.16 bits per heavy atom. The summed E-state index contributed by atoms with van der Waals surface area (Å²) >= 11 is 0. The van der Waals surface area contributed by atoms with Crippen LogP contribution in [0.15, 0.2) is 12.4 Å². The lowest BCUT2D eigenvalue weighted by molar-refractivity contribution is 0.634. The van der Waals surface area contributed by atoms with Crippen LogP contribution in [0.5, 0.6) is 0 Å². The van der Waals surface area contributed by atoms with Gasteiger partial charge in [0.15, 0.2) is 11.6 Å². The zero-order chi connectivity index (χ0) is 13.7. The van der Waals surface area contributed by atoms with Gasteiger partial charge in [-0.15, -0.1) is 0 Å². The molecular formula is C13H20N6. The molecule has 0 spiro atoms. The largest absolute Gasteiger partial charge is 0.370 e. The van der Waals surface area contributed by atoms with Crippen molar-refractivity contribution in [2.24, 2.45) is 5.92 Å². The molecule has 2 aromatic rings. The molecule has 0 aliphatic heterocycles. The fourth-order valence-electron chi connectivity index (χ4n) is 1.78. The van der Waals surface area contributed by atoms with E-state index in [2.05, 4.69) is 51.2 Å². The monoisotopic (exact) mass is 260 g/mol. The van der Waals surface area contributed by atoms with Crippen molar-refractivity contribution in [3.05, 3.63) is 18.1 Å². The Hall–Kier alpha value is -1.98. The highest BCUT2D eigenvalue weighted by atomic mass is 15.2. The number of nitrogens with zero attached hydrogens (tertiary/aromatic N) is 4. The van der Waals surface area contributed by atoms with E-state index in [9.17, 15) is 0 Å². The van der Waals surface area contributed by atoms with Crippen LogP contribution in [0.3, 0.4) is 0 Å². The summed E-state index contributed by atoms with van der Waals surface area (Å²) in [6.45, 7) is 7.37. The molecule has 102 valence electrons. The number of hydrogen-bond donors (Lipinski definition) is 2. The second kappa shape index (κ2) is 6.26. The fraction of sp³-hybridized carbons (Fsp3) is 0.538. The number of rotatable bonds is 6. The summed E-state index contributed by atoms with van der Waals surface area (Å²) in [5, 5.41) is 9.94. The highest BCUT2D eigenvalue weighted by molar-refractivity contribution is 5.48. The van der Waals surface area contributed by atoms with Crippen LogP contribution in [0, 0.1) is 5.92 Å². The summed E-state index contributed by atoms with van der Waals surface area (Å²) < 4.78 is 0. The maximum atomic E-state index is 4.54. The maximum Gasteiger partial charge on any atom is 0.199 e. The lowest BCUT2D eigenvalue weighted by Crippen LogP contribution is -2.07. The Bertz CT molecular complexity index is 506. The van der Waals surface area contributed by atoms with Gasteiger partial charge in [-0.25, -0.2) is 15.0 Å². The van der Waals surface area contributed by atoms with Gasteiger partial charge in [-0.05, 0) is 18.8 Å². The highest BCUT2D eigenvalue weighted by Gasteiger charge is 2.10. The van der Waals surface area contributed by atoms with Gasteiger partial charge in [0.05, 0.1) is 0 Å². The molecule has 19 heavy (non-hydrogen) atoms. The van der Waals surface area contributed by atoms with Crippen LogP contribution in [-0.2, 0) is 6.42 Å². The zero-order valence-electron chi connectivity index (χ0n) is 11.6. The summed E-state index contributed by atoms with van der Waals surface area (Å²) in [4.78, 5) is 13.1. The Morgan fingerprint density at radius 3 is 2.79 bits per heavy atom. The van der Waals surface area contributed by atoms with Gasteiger partial charge in [0.2, 0.25) is 0 Å². The normalized spacial score (nSPS) is 10.9. The Morgan fingerprint density at radius 1 is 1.32 bits per heavy atom. The van der Waals surface area contributed by atoms with Crippen LogP contribution >= 0.6 is 0 Å². The summed E-state index contributed by atoms with van der Waals surface area (Å²) in [7, 11) is 0. The maximum absolute atomic E-state index is 4.54. The minimum Gasteiger partial charge on any atom is -0.370 e. The number of aromatic amines is 1. The first-order valence-corrected chi connectivity index (χ1v) is 6.66. The quantitative estimate of drug-likeness (QED) is 0.833. The van der Waals surface area contributed by atoms with Crippen molar-refractivity contribution in [3.63, 3.8) is 0 Å². The topological polar surface area (TPSA) is 79.4 Å². The van der Waals surface area contributed by atoms with E-state index < -0.39 is 0 Å². The first kappa shape index (κ1) is 13.5. The molecule has 2 aromatic heterocycles. The first-order chi connectivity index (χ1) is 9.19. The average molecular weight is 260 g/mol. The molecule has 2 N–H and O–H groups in total. The van der Waals surface area contributed by atoms with E-state index in [0.29, 0.717) is 17.6 Å². The van der Waals surface area contributed by atoms with E-state index in [1.54, 1.807) is 0 Å². The van der Waals surface area contributed by atoms with Gasteiger partial charge in [-0.2, -0.15) is 5.10 Å². The van der Waals surface area contributed by atoms with E-state index in [1.165, 1.54) is 6.33 Å². The molecule has 2 heterocycles. The molecule has 0 bridgehead atoms. The van der Waals surface area contributed by atoms with Gasteiger partial charge in [-0.1, -0.05) is 20.8 Å².